The Bertz CT molecular complexity index is 799. The molecular weight excluding hydrogens is 342 g/mol. The molecule has 1 atom stereocenters. The lowest BCUT2D eigenvalue weighted by atomic mass is 10.1. The standard InChI is InChI=1S/C16H13ClF2N2O3/c1-9(22)11-3-2-4-13-14(11)24-16(18,19)15(23)21(13)8-10-5-6-20-7-12(10)17/h2-7,9,22H,8H2,1H3. The van der Waals surface area contributed by atoms with Crippen molar-refractivity contribution in [1.29, 1.82) is 0 Å². The molecule has 1 aliphatic heterocycles. The number of amides is 1. The van der Waals surface area contributed by atoms with Gasteiger partial charge in [0.2, 0.25) is 0 Å². The molecule has 1 N–H and O–H groups in total. The molecule has 0 fully saturated rings. The molecule has 0 aliphatic carbocycles. The van der Waals surface area contributed by atoms with Crippen LogP contribution in [0.15, 0.2) is 36.7 Å². The van der Waals surface area contributed by atoms with E-state index in [0.29, 0.717) is 5.56 Å². The molecule has 1 amide bonds. The lowest BCUT2D eigenvalue weighted by Crippen LogP contribution is -2.50. The molecule has 2 aromatic rings. The van der Waals surface area contributed by atoms with Crippen molar-refractivity contribution in [2.75, 3.05) is 4.90 Å². The van der Waals surface area contributed by atoms with Gasteiger partial charge in [-0.2, -0.15) is 8.78 Å². The van der Waals surface area contributed by atoms with E-state index in [1.807, 2.05) is 0 Å². The summed E-state index contributed by atoms with van der Waals surface area (Å²) in [6.45, 7) is 1.26. The third-order valence-electron chi connectivity index (χ3n) is 3.67. The lowest BCUT2D eigenvalue weighted by molar-refractivity contribution is -0.193. The summed E-state index contributed by atoms with van der Waals surface area (Å²) in [6, 6.07) is 6.04. The molecular formula is C16H13ClF2N2O3. The van der Waals surface area contributed by atoms with E-state index < -0.39 is 18.1 Å². The second-order valence-corrected chi connectivity index (χ2v) is 5.76. The van der Waals surface area contributed by atoms with Crippen LogP contribution >= 0.6 is 11.6 Å². The molecule has 126 valence electrons. The van der Waals surface area contributed by atoms with Crippen LogP contribution in [-0.2, 0) is 11.3 Å². The number of hydrogen-bond donors (Lipinski definition) is 1. The van der Waals surface area contributed by atoms with Gasteiger partial charge in [-0.25, -0.2) is 0 Å². The number of aromatic nitrogens is 1. The number of hydrogen-bond acceptors (Lipinski definition) is 4. The first-order valence-corrected chi connectivity index (χ1v) is 7.47. The van der Waals surface area contributed by atoms with Crippen molar-refractivity contribution in [3.63, 3.8) is 0 Å². The van der Waals surface area contributed by atoms with Crippen molar-refractivity contribution >= 4 is 23.2 Å². The highest BCUT2D eigenvalue weighted by molar-refractivity contribution is 6.31. The van der Waals surface area contributed by atoms with E-state index in [-0.39, 0.29) is 28.6 Å². The predicted octanol–water partition coefficient (Wildman–Crippen LogP) is 3.31. The average Bonchev–Trinajstić information content (AvgIpc) is 2.52. The van der Waals surface area contributed by atoms with Gasteiger partial charge in [0.05, 0.1) is 23.4 Å². The average molecular weight is 355 g/mol. The maximum Gasteiger partial charge on any atom is 0.483 e. The van der Waals surface area contributed by atoms with E-state index in [2.05, 4.69) is 9.72 Å². The second-order valence-electron chi connectivity index (χ2n) is 5.35. The molecule has 0 saturated heterocycles. The first-order valence-electron chi connectivity index (χ1n) is 7.09. The van der Waals surface area contributed by atoms with E-state index in [0.717, 1.165) is 4.90 Å². The number of nitrogens with zero attached hydrogens (tertiary/aromatic N) is 2. The Labute approximate surface area is 141 Å². The molecule has 2 heterocycles. The Balaban J connectivity index is 2.11. The monoisotopic (exact) mass is 354 g/mol. The number of fused-ring (bicyclic) bond motifs is 1. The Morgan fingerprint density at radius 3 is 2.83 bits per heavy atom. The number of pyridine rings is 1. The lowest BCUT2D eigenvalue weighted by Gasteiger charge is -2.35. The van der Waals surface area contributed by atoms with Crippen LogP contribution in [0.2, 0.25) is 5.02 Å². The van der Waals surface area contributed by atoms with Gasteiger partial charge in [0, 0.05) is 18.0 Å². The summed E-state index contributed by atoms with van der Waals surface area (Å²) in [7, 11) is 0. The fourth-order valence-corrected chi connectivity index (χ4v) is 2.67. The third kappa shape index (κ3) is 2.81. The highest BCUT2D eigenvalue weighted by Crippen LogP contribution is 2.44. The van der Waals surface area contributed by atoms with Crippen molar-refractivity contribution in [3.05, 3.63) is 52.8 Å². The van der Waals surface area contributed by atoms with Gasteiger partial charge in [-0.05, 0) is 24.6 Å². The van der Waals surface area contributed by atoms with E-state index in [9.17, 15) is 18.7 Å². The van der Waals surface area contributed by atoms with Gasteiger partial charge in [-0.15, -0.1) is 0 Å². The zero-order valence-corrected chi connectivity index (χ0v) is 13.3. The molecule has 0 saturated carbocycles. The van der Waals surface area contributed by atoms with Gasteiger partial charge in [0.25, 0.3) is 0 Å². The number of aliphatic hydroxyl groups is 1. The number of carbonyl (C=O) groups excluding carboxylic acids is 1. The first kappa shape index (κ1) is 16.6. The van der Waals surface area contributed by atoms with Crippen LogP contribution in [0.1, 0.15) is 24.2 Å². The molecule has 0 bridgehead atoms. The minimum Gasteiger partial charge on any atom is -0.423 e. The zero-order valence-electron chi connectivity index (χ0n) is 12.5. The summed E-state index contributed by atoms with van der Waals surface area (Å²) in [4.78, 5) is 16.9. The van der Waals surface area contributed by atoms with Gasteiger partial charge in [-0.1, -0.05) is 23.7 Å². The number of carbonyl (C=O) groups is 1. The number of ether oxygens (including phenoxy) is 1. The third-order valence-corrected chi connectivity index (χ3v) is 4.02. The van der Waals surface area contributed by atoms with Gasteiger partial charge in [0.15, 0.2) is 5.75 Å². The Morgan fingerprint density at radius 2 is 2.17 bits per heavy atom. The van der Waals surface area contributed by atoms with E-state index in [1.54, 1.807) is 12.1 Å². The second kappa shape index (κ2) is 5.99. The van der Waals surface area contributed by atoms with Gasteiger partial charge in [0.1, 0.15) is 0 Å². The fraction of sp³-hybridized carbons (Fsp3) is 0.250. The summed E-state index contributed by atoms with van der Waals surface area (Å²) < 4.78 is 32.7. The Kier molecular flexibility index (Phi) is 4.15. The first-order chi connectivity index (χ1) is 11.3. The number of halogens is 3. The normalized spacial score (nSPS) is 17.2. The smallest absolute Gasteiger partial charge is 0.423 e. The van der Waals surface area contributed by atoms with E-state index in [1.165, 1.54) is 31.5 Å². The van der Waals surface area contributed by atoms with Crippen LogP contribution in [0.5, 0.6) is 5.75 Å². The number of benzene rings is 1. The van der Waals surface area contributed by atoms with Crippen LogP contribution < -0.4 is 9.64 Å². The van der Waals surface area contributed by atoms with Gasteiger partial charge >= 0.3 is 12.0 Å². The van der Waals surface area contributed by atoms with Crippen molar-refractivity contribution in [3.8, 4) is 5.75 Å². The highest BCUT2D eigenvalue weighted by atomic mass is 35.5. The highest BCUT2D eigenvalue weighted by Gasteiger charge is 2.51. The summed E-state index contributed by atoms with van der Waals surface area (Å²) >= 11 is 6.01. The Hall–Kier alpha value is -2.25. The van der Waals surface area contributed by atoms with Crippen LogP contribution in [0.25, 0.3) is 0 Å². The molecule has 3 rings (SSSR count). The maximum atomic E-state index is 14.0. The molecule has 5 nitrogen and oxygen atoms in total. The molecule has 0 radical (unpaired) electrons. The summed E-state index contributed by atoms with van der Waals surface area (Å²) in [5.41, 5.74) is 0.786. The minimum absolute atomic E-state index is 0.150. The van der Waals surface area contributed by atoms with E-state index >= 15 is 0 Å². The van der Waals surface area contributed by atoms with Crippen LogP contribution in [0.3, 0.4) is 0 Å². The largest absolute Gasteiger partial charge is 0.483 e. The van der Waals surface area contributed by atoms with Gasteiger partial charge in [-0.3, -0.25) is 14.7 Å². The molecule has 1 aromatic carbocycles. The molecule has 8 heteroatoms. The molecule has 1 aliphatic rings. The number of alkyl halides is 2. The number of aliphatic hydroxyl groups excluding tert-OH is 1. The van der Waals surface area contributed by atoms with Crippen LogP contribution in [0, 0.1) is 0 Å². The molecule has 0 spiro atoms. The fourth-order valence-electron chi connectivity index (χ4n) is 2.49. The van der Waals surface area contributed by atoms with Crippen molar-refractivity contribution in [2.24, 2.45) is 0 Å². The van der Waals surface area contributed by atoms with E-state index in [4.69, 9.17) is 11.6 Å². The van der Waals surface area contributed by atoms with Crippen LogP contribution in [0.4, 0.5) is 14.5 Å². The van der Waals surface area contributed by atoms with Gasteiger partial charge < -0.3 is 9.84 Å². The summed E-state index contributed by atoms with van der Waals surface area (Å²) in [5, 5.41) is 10.0. The topological polar surface area (TPSA) is 62.7 Å². The molecule has 1 aromatic heterocycles. The summed E-state index contributed by atoms with van der Waals surface area (Å²) in [5.74, 6) is -1.71. The number of rotatable bonds is 3. The Morgan fingerprint density at radius 1 is 1.42 bits per heavy atom. The SMILES string of the molecule is CC(O)c1cccc2c1OC(F)(F)C(=O)N2Cc1ccncc1Cl. The van der Waals surface area contributed by atoms with Crippen molar-refractivity contribution in [1.82, 2.24) is 4.98 Å². The van der Waals surface area contributed by atoms with Crippen molar-refractivity contribution in [2.45, 2.75) is 25.7 Å². The van der Waals surface area contributed by atoms with Crippen molar-refractivity contribution < 1.29 is 23.4 Å². The zero-order chi connectivity index (χ0) is 17.5. The predicted molar refractivity (Wildman–Crippen MR) is 83.1 cm³/mol. The number of anilines is 1. The molecule has 1 unspecified atom stereocenters. The van der Waals surface area contributed by atoms with Crippen LogP contribution in [-0.4, -0.2) is 22.1 Å². The quantitative estimate of drug-likeness (QED) is 0.918. The molecule has 24 heavy (non-hydrogen) atoms. The summed E-state index contributed by atoms with van der Waals surface area (Å²) in [6.07, 6.45) is -2.24. The maximum absolute atomic E-state index is 14.0. The minimum atomic E-state index is -4.03. The number of para-hydroxylation sites is 1.